The molecule has 0 bridgehead atoms. The van der Waals surface area contributed by atoms with E-state index in [1.54, 1.807) is 6.07 Å². The molecule has 158 valence electrons. The maximum absolute atomic E-state index is 12.8. The first kappa shape index (κ1) is 21.1. The lowest BCUT2D eigenvalue weighted by Gasteiger charge is -2.48. The van der Waals surface area contributed by atoms with E-state index in [2.05, 4.69) is 20.8 Å². The maximum Gasteiger partial charge on any atom is 0.356 e. The molecular weight excluding hydrogens is 418 g/mol. The first-order valence-electron chi connectivity index (χ1n) is 8.47. The minimum atomic E-state index is -1.29. The van der Waals surface area contributed by atoms with Crippen molar-refractivity contribution in [3.63, 3.8) is 0 Å². The Morgan fingerprint density at radius 1 is 1.40 bits per heavy atom. The second-order valence-corrected chi connectivity index (χ2v) is 7.04. The summed E-state index contributed by atoms with van der Waals surface area (Å²) in [7, 11) is 2.57. The molecule has 3 rings (SSSR count). The van der Waals surface area contributed by atoms with E-state index in [4.69, 9.17) is 9.57 Å². The molecule has 3 N–H and O–H groups in total. The van der Waals surface area contributed by atoms with Crippen LogP contribution in [0.15, 0.2) is 34.8 Å². The van der Waals surface area contributed by atoms with Crippen LogP contribution in [0.25, 0.3) is 0 Å². The van der Waals surface area contributed by atoms with Gasteiger partial charge < -0.3 is 25.3 Å². The number of aromatic nitrogens is 1. The Hall–Kier alpha value is -3.61. The van der Waals surface area contributed by atoms with Crippen LogP contribution < -0.4 is 10.6 Å². The molecule has 3 heterocycles. The van der Waals surface area contributed by atoms with Gasteiger partial charge >= 0.3 is 5.97 Å². The Kier molecular flexibility index (Phi) is 6.20. The third-order valence-corrected chi connectivity index (χ3v) is 5.52. The van der Waals surface area contributed by atoms with Crippen molar-refractivity contribution in [3.8, 4) is 0 Å². The van der Waals surface area contributed by atoms with E-state index in [1.807, 2.05) is 0 Å². The Bertz CT molecular complexity index is 964. The van der Waals surface area contributed by atoms with Gasteiger partial charge in [-0.15, -0.1) is 11.8 Å². The first-order valence-corrected chi connectivity index (χ1v) is 9.52. The second-order valence-electron chi connectivity index (χ2n) is 5.93. The number of carbonyl (C=O) groups is 4. The number of oxime groups is 1. The molecule has 3 amide bonds. The number of ether oxygens (including phenoxy) is 1. The number of nitrogens with zero attached hydrogens (tertiary/aromatic N) is 3. The third-order valence-electron chi connectivity index (χ3n) is 4.27. The zero-order chi connectivity index (χ0) is 21.8. The number of carbonyl (C=O) groups excluding carboxylic acids is 3. The molecule has 1 aromatic heterocycles. The van der Waals surface area contributed by atoms with E-state index in [1.165, 1.54) is 38.1 Å². The molecule has 1 saturated heterocycles. The van der Waals surface area contributed by atoms with Gasteiger partial charge in [0.05, 0.1) is 12.9 Å². The van der Waals surface area contributed by atoms with Crippen molar-refractivity contribution in [1.29, 1.82) is 0 Å². The summed E-state index contributed by atoms with van der Waals surface area (Å²) in [5, 5.41) is 17.4. The number of hydrogen-bond donors (Lipinski definition) is 3. The van der Waals surface area contributed by atoms with Crippen LogP contribution in [-0.2, 0) is 28.8 Å². The van der Waals surface area contributed by atoms with Gasteiger partial charge in [0.15, 0.2) is 11.4 Å². The van der Waals surface area contributed by atoms with E-state index < -0.39 is 29.2 Å². The van der Waals surface area contributed by atoms with Crippen molar-refractivity contribution < 1.29 is 33.9 Å². The summed E-state index contributed by atoms with van der Waals surface area (Å²) >= 11 is 1.26. The van der Waals surface area contributed by atoms with Gasteiger partial charge in [-0.05, 0) is 12.1 Å². The number of anilines is 1. The van der Waals surface area contributed by atoms with Gasteiger partial charge in [0, 0.05) is 0 Å². The summed E-state index contributed by atoms with van der Waals surface area (Å²) in [6.07, 6.45) is 0.434. The van der Waals surface area contributed by atoms with Crippen LogP contribution in [0, 0.1) is 0 Å². The van der Waals surface area contributed by atoms with E-state index in [0.29, 0.717) is 6.41 Å². The standard InChI is InChI=1S/C17H17N5O7S/c1-28-9-6-30-16-12(15(25)22(16)13(9)17(26)27)20-14(24)11(21-29-2)8-4-3-5-10(19-8)18-7-23/h3-5,7,12,16H,6H2,1-2H3,(H,20,24)(H,26,27)(H,18,19,23)/b21-11-/t12?,16-/m1/s1. The van der Waals surface area contributed by atoms with E-state index >= 15 is 0 Å². The topological polar surface area (TPSA) is 160 Å². The third kappa shape index (κ3) is 3.78. The highest BCUT2D eigenvalue weighted by Gasteiger charge is 2.55. The summed E-state index contributed by atoms with van der Waals surface area (Å²) in [5.41, 5.74) is -0.351. The minimum Gasteiger partial charge on any atom is -0.498 e. The van der Waals surface area contributed by atoms with Gasteiger partial charge in [-0.3, -0.25) is 19.3 Å². The predicted molar refractivity (Wildman–Crippen MR) is 104 cm³/mol. The van der Waals surface area contributed by atoms with Gasteiger partial charge in [0.1, 0.15) is 35.8 Å². The number of pyridine rings is 1. The van der Waals surface area contributed by atoms with Crippen molar-refractivity contribution in [1.82, 2.24) is 15.2 Å². The van der Waals surface area contributed by atoms with Gasteiger partial charge in [0.25, 0.3) is 11.8 Å². The van der Waals surface area contributed by atoms with Crippen molar-refractivity contribution in [2.75, 3.05) is 25.3 Å². The maximum atomic E-state index is 12.8. The van der Waals surface area contributed by atoms with Crippen LogP contribution in [0.2, 0.25) is 0 Å². The molecule has 0 aliphatic carbocycles. The summed E-state index contributed by atoms with van der Waals surface area (Å²) in [6.45, 7) is 0. The fourth-order valence-electron chi connectivity index (χ4n) is 2.96. The monoisotopic (exact) mass is 435 g/mol. The predicted octanol–water partition coefficient (Wildman–Crippen LogP) is -0.657. The number of amides is 3. The highest BCUT2D eigenvalue weighted by Crippen LogP contribution is 2.40. The lowest BCUT2D eigenvalue weighted by molar-refractivity contribution is -0.150. The molecule has 1 unspecified atom stereocenters. The second kappa shape index (κ2) is 8.82. The number of carboxylic acid groups (broad SMARTS) is 1. The van der Waals surface area contributed by atoms with Crippen LogP contribution in [0.4, 0.5) is 5.82 Å². The molecule has 2 aliphatic rings. The number of methoxy groups -OCH3 is 1. The van der Waals surface area contributed by atoms with Crippen LogP contribution in [0.3, 0.4) is 0 Å². The Morgan fingerprint density at radius 2 is 2.17 bits per heavy atom. The number of β-lactam (4-membered cyclic amide) rings is 1. The van der Waals surface area contributed by atoms with Crippen molar-refractivity contribution >= 4 is 47.5 Å². The SMILES string of the molecule is CO/N=C(\C(=O)NC1C(=O)N2C(C(=O)O)=C(OC)CS[C@H]12)c1cccc(NC=O)n1. The molecule has 0 spiro atoms. The fraction of sp³-hybridized carbons (Fsp3) is 0.294. The van der Waals surface area contributed by atoms with Crippen LogP contribution in [0.5, 0.6) is 0 Å². The number of fused-ring (bicyclic) bond motifs is 1. The molecule has 30 heavy (non-hydrogen) atoms. The number of hydrogen-bond acceptors (Lipinski definition) is 9. The lowest BCUT2D eigenvalue weighted by atomic mass is 10.0. The number of carboxylic acids is 1. The van der Waals surface area contributed by atoms with Crippen LogP contribution in [-0.4, -0.2) is 76.3 Å². The summed E-state index contributed by atoms with van der Waals surface area (Å²) in [4.78, 5) is 57.4. The number of nitrogens with one attached hydrogen (secondary N) is 2. The largest absolute Gasteiger partial charge is 0.498 e. The Morgan fingerprint density at radius 3 is 2.80 bits per heavy atom. The average Bonchev–Trinajstić information content (AvgIpc) is 2.74. The molecule has 2 atom stereocenters. The smallest absolute Gasteiger partial charge is 0.356 e. The molecule has 0 saturated carbocycles. The molecule has 12 nitrogen and oxygen atoms in total. The highest BCUT2D eigenvalue weighted by molar-refractivity contribution is 8.00. The average molecular weight is 435 g/mol. The zero-order valence-electron chi connectivity index (χ0n) is 15.8. The minimum absolute atomic E-state index is 0.105. The zero-order valence-corrected chi connectivity index (χ0v) is 16.6. The molecule has 0 radical (unpaired) electrons. The first-order chi connectivity index (χ1) is 14.4. The van der Waals surface area contributed by atoms with Gasteiger partial charge in [-0.1, -0.05) is 11.2 Å². The van der Waals surface area contributed by atoms with Crippen LogP contribution >= 0.6 is 11.8 Å². The molecule has 13 heteroatoms. The van der Waals surface area contributed by atoms with Crippen molar-refractivity contribution in [3.05, 3.63) is 35.3 Å². The normalized spacial score (nSPS) is 20.7. The highest BCUT2D eigenvalue weighted by atomic mass is 32.2. The quantitative estimate of drug-likeness (QED) is 0.208. The number of rotatable bonds is 8. The molecule has 1 aromatic rings. The van der Waals surface area contributed by atoms with Crippen molar-refractivity contribution in [2.24, 2.45) is 5.16 Å². The van der Waals surface area contributed by atoms with Crippen molar-refractivity contribution in [2.45, 2.75) is 11.4 Å². The van der Waals surface area contributed by atoms with E-state index in [9.17, 15) is 24.3 Å². The summed E-state index contributed by atoms with van der Waals surface area (Å²) in [6, 6.07) is 3.58. The van der Waals surface area contributed by atoms with Gasteiger partial charge in [0.2, 0.25) is 6.41 Å². The summed E-state index contributed by atoms with van der Waals surface area (Å²) < 4.78 is 5.06. The van der Waals surface area contributed by atoms with E-state index in [-0.39, 0.29) is 34.4 Å². The van der Waals surface area contributed by atoms with Crippen LogP contribution in [0.1, 0.15) is 5.69 Å². The summed E-state index contributed by atoms with van der Waals surface area (Å²) in [5.74, 6) is -2.03. The lowest BCUT2D eigenvalue weighted by Crippen LogP contribution is -2.71. The molecule has 0 aromatic carbocycles. The number of aliphatic carboxylic acids is 1. The fourth-order valence-corrected chi connectivity index (χ4v) is 4.27. The Labute approximate surface area is 174 Å². The van der Waals surface area contributed by atoms with Gasteiger partial charge in [-0.25, -0.2) is 9.78 Å². The molecule has 2 aliphatic heterocycles. The molecular formula is C17H17N5O7S. The molecule has 1 fully saturated rings. The Balaban J connectivity index is 1.80. The number of thioether (sulfide) groups is 1. The van der Waals surface area contributed by atoms with E-state index in [0.717, 1.165) is 4.90 Å². The van der Waals surface area contributed by atoms with Gasteiger partial charge in [-0.2, -0.15) is 0 Å².